The molecular formula is C15H18BrN3O. The fourth-order valence-corrected chi connectivity index (χ4v) is 3.40. The van der Waals surface area contributed by atoms with Crippen molar-refractivity contribution in [3.8, 4) is 11.4 Å². The second kappa shape index (κ2) is 5.30. The highest BCUT2D eigenvalue weighted by Crippen LogP contribution is 2.35. The fourth-order valence-electron chi connectivity index (χ4n) is 2.73. The van der Waals surface area contributed by atoms with Crippen molar-refractivity contribution in [2.45, 2.75) is 44.6 Å². The summed E-state index contributed by atoms with van der Waals surface area (Å²) in [4.78, 5) is 4.53. The van der Waals surface area contributed by atoms with Gasteiger partial charge in [-0.05, 0) is 37.5 Å². The van der Waals surface area contributed by atoms with Crippen LogP contribution in [0.4, 0.5) is 0 Å². The number of halogens is 1. The quantitative estimate of drug-likeness (QED) is 0.903. The molecule has 2 N–H and O–H groups in total. The zero-order valence-corrected chi connectivity index (χ0v) is 13.1. The number of nitrogens with zero attached hydrogens (tertiary/aromatic N) is 2. The lowest BCUT2D eigenvalue weighted by atomic mass is 9.82. The van der Waals surface area contributed by atoms with Crippen molar-refractivity contribution >= 4 is 15.9 Å². The Bertz CT molecular complexity index is 617. The van der Waals surface area contributed by atoms with Crippen LogP contribution in [-0.4, -0.2) is 10.1 Å². The van der Waals surface area contributed by atoms with Gasteiger partial charge >= 0.3 is 0 Å². The first-order valence-electron chi connectivity index (χ1n) is 6.98. The molecule has 5 heteroatoms. The molecule has 1 aromatic heterocycles. The van der Waals surface area contributed by atoms with Crippen LogP contribution in [0.25, 0.3) is 11.4 Å². The van der Waals surface area contributed by atoms with Crippen LogP contribution >= 0.6 is 15.9 Å². The van der Waals surface area contributed by atoms with Crippen LogP contribution in [0.2, 0.25) is 0 Å². The molecular weight excluding hydrogens is 318 g/mol. The van der Waals surface area contributed by atoms with Gasteiger partial charge in [-0.3, -0.25) is 0 Å². The van der Waals surface area contributed by atoms with Crippen molar-refractivity contribution in [3.63, 3.8) is 0 Å². The molecule has 0 atom stereocenters. The van der Waals surface area contributed by atoms with E-state index < -0.39 is 5.54 Å². The Labute approximate surface area is 126 Å². The van der Waals surface area contributed by atoms with E-state index in [1.807, 2.05) is 25.1 Å². The molecule has 1 fully saturated rings. The Morgan fingerprint density at radius 3 is 2.70 bits per heavy atom. The lowest BCUT2D eigenvalue weighted by molar-refractivity contribution is 0.220. The lowest BCUT2D eigenvalue weighted by Crippen LogP contribution is -2.38. The molecule has 0 spiro atoms. The van der Waals surface area contributed by atoms with Crippen molar-refractivity contribution in [2.24, 2.45) is 5.73 Å². The maximum Gasteiger partial charge on any atom is 0.247 e. The van der Waals surface area contributed by atoms with Crippen molar-refractivity contribution < 1.29 is 4.52 Å². The molecule has 0 unspecified atom stereocenters. The van der Waals surface area contributed by atoms with Gasteiger partial charge in [0.25, 0.3) is 0 Å². The van der Waals surface area contributed by atoms with E-state index in [9.17, 15) is 0 Å². The monoisotopic (exact) mass is 335 g/mol. The second-order valence-electron chi connectivity index (χ2n) is 5.62. The summed E-state index contributed by atoms with van der Waals surface area (Å²) in [5.74, 6) is 1.17. The molecule has 1 aliphatic rings. The second-order valence-corrected chi connectivity index (χ2v) is 6.48. The van der Waals surface area contributed by atoms with E-state index in [2.05, 4.69) is 26.1 Å². The molecule has 1 heterocycles. The first-order chi connectivity index (χ1) is 9.58. The van der Waals surface area contributed by atoms with Crippen molar-refractivity contribution in [3.05, 3.63) is 34.1 Å². The number of hydrogen-bond acceptors (Lipinski definition) is 4. The van der Waals surface area contributed by atoms with Gasteiger partial charge in [0.1, 0.15) is 0 Å². The molecule has 20 heavy (non-hydrogen) atoms. The van der Waals surface area contributed by atoms with Crippen LogP contribution in [0.5, 0.6) is 0 Å². The van der Waals surface area contributed by atoms with E-state index in [-0.39, 0.29) is 0 Å². The van der Waals surface area contributed by atoms with E-state index in [0.29, 0.717) is 11.7 Å². The third-order valence-corrected chi connectivity index (χ3v) is 4.62. The number of aryl methyl sites for hydroxylation is 1. The topological polar surface area (TPSA) is 64.9 Å². The number of aromatic nitrogens is 2. The van der Waals surface area contributed by atoms with Crippen LogP contribution in [0.3, 0.4) is 0 Å². The van der Waals surface area contributed by atoms with Gasteiger partial charge in [-0.2, -0.15) is 4.98 Å². The molecule has 0 saturated heterocycles. The minimum atomic E-state index is -0.444. The molecule has 0 radical (unpaired) electrons. The lowest BCUT2D eigenvalue weighted by Gasteiger charge is -2.29. The van der Waals surface area contributed by atoms with Crippen LogP contribution in [0, 0.1) is 6.92 Å². The minimum Gasteiger partial charge on any atom is -0.337 e. The predicted molar refractivity (Wildman–Crippen MR) is 81.1 cm³/mol. The van der Waals surface area contributed by atoms with Gasteiger partial charge in [0.15, 0.2) is 0 Å². The van der Waals surface area contributed by atoms with Crippen LogP contribution in [-0.2, 0) is 5.54 Å². The van der Waals surface area contributed by atoms with Crippen LogP contribution in [0.1, 0.15) is 43.6 Å². The highest BCUT2D eigenvalue weighted by Gasteiger charge is 2.35. The average Bonchev–Trinajstić information content (AvgIpc) is 2.90. The average molecular weight is 336 g/mol. The number of rotatable bonds is 2. The summed E-state index contributed by atoms with van der Waals surface area (Å²) in [6.45, 7) is 2.05. The molecule has 4 nitrogen and oxygen atoms in total. The van der Waals surface area contributed by atoms with Gasteiger partial charge in [0.2, 0.25) is 11.7 Å². The van der Waals surface area contributed by atoms with E-state index in [1.165, 1.54) is 12.0 Å². The third-order valence-electron chi connectivity index (χ3n) is 3.96. The Kier molecular flexibility index (Phi) is 3.65. The first kappa shape index (κ1) is 13.8. The maximum absolute atomic E-state index is 6.43. The molecule has 2 aromatic rings. The maximum atomic E-state index is 6.43. The van der Waals surface area contributed by atoms with Gasteiger partial charge in [0, 0.05) is 10.0 Å². The Morgan fingerprint density at radius 2 is 2.00 bits per heavy atom. The predicted octanol–water partition coefficient (Wildman–Crippen LogP) is 3.93. The molecule has 1 saturated carbocycles. The molecule has 1 aromatic carbocycles. The summed E-state index contributed by atoms with van der Waals surface area (Å²) in [5.41, 5.74) is 8.10. The minimum absolute atomic E-state index is 0.444. The SMILES string of the molecule is Cc1ccc(-c2noc(C3(N)CCCCC3)n2)c(Br)c1. The van der Waals surface area contributed by atoms with E-state index >= 15 is 0 Å². The zero-order chi connectivity index (χ0) is 14.2. The van der Waals surface area contributed by atoms with Gasteiger partial charge in [-0.25, -0.2) is 0 Å². The van der Waals surface area contributed by atoms with Crippen LogP contribution < -0.4 is 5.73 Å². The Hall–Kier alpha value is -1.20. The molecule has 0 amide bonds. The Morgan fingerprint density at radius 1 is 1.25 bits per heavy atom. The zero-order valence-electron chi connectivity index (χ0n) is 11.5. The first-order valence-corrected chi connectivity index (χ1v) is 7.77. The van der Waals surface area contributed by atoms with Gasteiger partial charge in [-0.1, -0.05) is 46.4 Å². The van der Waals surface area contributed by atoms with Gasteiger partial charge in [-0.15, -0.1) is 0 Å². The summed E-state index contributed by atoms with van der Waals surface area (Å²) in [6.07, 6.45) is 5.34. The number of hydrogen-bond donors (Lipinski definition) is 1. The number of nitrogens with two attached hydrogens (primary N) is 1. The van der Waals surface area contributed by atoms with Gasteiger partial charge in [0.05, 0.1) is 5.54 Å². The molecule has 0 aliphatic heterocycles. The van der Waals surface area contributed by atoms with E-state index in [0.717, 1.165) is 35.7 Å². The largest absolute Gasteiger partial charge is 0.337 e. The highest BCUT2D eigenvalue weighted by atomic mass is 79.9. The molecule has 0 bridgehead atoms. The van der Waals surface area contributed by atoms with Crippen LogP contribution in [0.15, 0.2) is 27.2 Å². The third kappa shape index (κ3) is 2.52. The summed E-state index contributed by atoms with van der Waals surface area (Å²) >= 11 is 3.55. The van der Waals surface area contributed by atoms with Crippen molar-refractivity contribution in [1.29, 1.82) is 0 Å². The summed E-state index contributed by atoms with van der Waals surface area (Å²) in [5, 5.41) is 4.10. The summed E-state index contributed by atoms with van der Waals surface area (Å²) in [7, 11) is 0. The number of benzene rings is 1. The molecule has 1 aliphatic carbocycles. The summed E-state index contributed by atoms with van der Waals surface area (Å²) < 4.78 is 6.41. The molecule has 3 rings (SSSR count). The molecule has 106 valence electrons. The smallest absolute Gasteiger partial charge is 0.247 e. The van der Waals surface area contributed by atoms with Gasteiger partial charge < -0.3 is 10.3 Å². The Balaban J connectivity index is 1.93. The van der Waals surface area contributed by atoms with Crippen molar-refractivity contribution in [2.75, 3.05) is 0 Å². The highest BCUT2D eigenvalue weighted by molar-refractivity contribution is 9.10. The van der Waals surface area contributed by atoms with E-state index in [4.69, 9.17) is 10.3 Å². The summed E-state index contributed by atoms with van der Waals surface area (Å²) in [6, 6.07) is 6.08. The normalized spacial score (nSPS) is 18.1. The standard InChI is InChI=1S/C15H18BrN3O/c1-10-5-6-11(12(16)9-10)13-18-14(20-19-13)15(17)7-3-2-4-8-15/h5-6,9H,2-4,7-8,17H2,1H3. The fraction of sp³-hybridized carbons (Fsp3) is 0.467. The van der Waals surface area contributed by atoms with Crippen molar-refractivity contribution in [1.82, 2.24) is 10.1 Å². The van der Waals surface area contributed by atoms with E-state index in [1.54, 1.807) is 0 Å².